The van der Waals surface area contributed by atoms with Crippen LogP contribution in [-0.4, -0.2) is 48.2 Å². The number of nitrogens with zero attached hydrogens (tertiary/aromatic N) is 1. The molecule has 2 amide bonds. The van der Waals surface area contributed by atoms with Crippen molar-refractivity contribution in [3.8, 4) is 0 Å². The summed E-state index contributed by atoms with van der Waals surface area (Å²) in [5.74, 6) is 0.215. The highest BCUT2D eigenvalue weighted by Crippen LogP contribution is 2.16. The standard InChI is InChI=1S/C9H17N3O3/c10-5-8(13)11-6-7-1-3-12(4-2-7)9(14)15/h7H,1-6,10H2,(H,11,13)(H,14,15). The molecule has 1 heterocycles. The molecule has 0 aromatic carbocycles. The van der Waals surface area contributed by atoms with Gasteiger partial charge in [-0.05, 0) is 18.8 Å². The molecule has 6 heteroatoms. The highest BCUT2D eigenvalue weighted by Gasteiger charge is 2.22. The van der Waals surface area contributed by atoms with Gasteiger partial charge in [0, 0.05) is 19.6 Å². The van der Waals surface area contributed by atoms with Crippen LogP contribution < -0.4 is 11.1 Å². The van der Waals surface area contributed by atoms with E-state index in [0.29, 0.717) is 25.6 Å². The summed E-state index contributed by atoms with van der Waals surface area (Å²) in [6.07, 6.45) is 0.744. The number of nitrogens with two attached hydrogens (primary N) is 1. The Balaban J connectivity index is 2.20. The fraction of sp³-hybridized carbons (Fsp3) is 0.778. The van der Waals surface area contributed by atoms with Crippen molar-refractivity contribution in [1.82, 2.24) is 10.2 Å². The zero-order chi connectivity index (χ0) is 11.3. The minimum Gasteiger partial charge on any atom is -0.465 e. The van der Waals surface area contributed by atoms with Crippen molar-refractivity contribution < 1.29 is 14.7 Å². The topological polar surface area (TPSA) is 95.7 Å². The first-order chi connectivity index (χ1) is 7.13. The van der Waals surface area contributed by atoms with Gasteiger partial charge in [0.15, 0.2) is 0 Å². The third kappa shape index (κ3) is 3.75. The largest absolute Gasteiger partial charge is 0.465 e. The maximum absolute atomic E-state index is 10.9. The number of amides is 2. The van der Waals surface area contributed by atoms with Gasteiger partial charge in [0.2, 0.25) is 5.91 Å². The van der Waals surface area contributed by atoms with Crippen LogP contribution in [0.2, 0.25) is 0 Å². The van der Waals surface area contributed by atoms with E-state index in [2.05, 4.69) is 5.32 Å². The number of likely N-dealkylation sites (tertiary alicyclic amines) is 1. The van der Waals surface area contributed by atoms with Crippen LogP contribution in [0.15, 0.2) is 0 Å². The molecule has 1 fully saturated rings. The van der Waals surface area contributed by atoms with Crippen LogP contribution in [0.3, 0.4) is 0 Å². The van der Waals surface area contributed by atoms with Crippen molar-refractivity contribution in [2.45, 2.75) is 12.8 Å². The summed E-state index contributed by atoms with van der Waals surface area (Å²) in [7, 11) is 0. The molecule has 86 valence electrons. The molecule has 1 saturated heterocycles. The molecule has 0 bridgehead atoms. The van der Waals surface area contributed by atoms with Gasteiger partial charge in [-0.15, -0.1) is 0 Å². The van der Waals surface area contributed by atoms with Crippen molar-refractivity contribution in [2.24, 2.45) is 11.7 Å². The fourth-order valence-corrected chi connectivity index (χ4v) is 1.66. The van der Waals surface area contributed by atoms with Crippen LogP contribution in [0.25, 0.3) is 0 Å². The molecular weight excluding hydrogens is 198 g/mol. The van der Waals surface area contributed by atoms with Gasteiger partial charge in [-0.25, -0.2) is 4.79 Å². The molecule has 15 heavy (non-hydrogen) atoms. The van der Waals surface area contributed by atoms with Crippen LogP contribution in [0, 0.1) is 5.92 Å². The lowest BCUT2D eigenvalue weighted by Crippen LogP contribution is -2.41. The van der Waals surface area contributed by atoms with Crippen LogP contribution in [0.5, 0.6) is 0 Å². The Kier molecular flexibility index (Phi) is 4.36. The van der Waals surface area contributed by atoms with Crippen molar-refractivity contribution in [3.05, 3.63) is 0 Å². The number of piperidine rings is 1. The second kappa shape index (κ2) is 5.55. The first kappa shape index (κ1) is 11.8. The molecule has 1 aliphatic rings. The maximum Gasteiger partial charge on any atom is 0.407 e. The quantitative estimate of drug-likeness (QED) is 0.588. The third-order valence-electron chi connectivity index (χ3n) is 2.66. The van der Waals surface area contributed by atoms with Crippen LogP contribution in [0.4, 0.5) is 4.79 Å². The van der Waals surface area contributed by atoms with E-state index in [1.54, 1.807) is 0 Å². The predicted molar refractivity (Wildman–Crippen MR) is 54.4 cm³/mol. The van der Waals surface area contributed by atoms with Crippen molar-refractivity contribution in [2.75, 3.05) is 26.2 Å². The molecule has 0 saturated carbocycles. The zero-order valence-electron chi connectivity index (χ0n) is 8.61. The molecule has 0 radical (unpaired) electrons. The third-order valence-corrected chi connectivity index (χ3v) is 2.66. The van der Waals surface area contributed by atoms with Gasteiger partial charge in [-0.3, -0.25) is 4.79 Å². The Labute approximate surface area is 88.4 Å². The fourth-order valence-electron chi connectivity index (χ4n) is 1.66. The summed E-state index contributed by atoms with van der Waals surface area (Å²) in [5.41, 5.74) is 5.15. The molecular formula is C9H17N3O3. The maximum atomic E-state index is 10.9. The summed E-state index contributed by atoms with van der Waals surface area (Å²) in [4.78, 5) is 22.9. The van der Waals surface area contributed by atoms with Crippen molar-refractivity contribution >= 4 is 12.0 Å². The molecule has 0 spiro atoms. The zero-order valence-corrected chi connectivity index (χ0v) is 8.61. The Morgan fingerprint density at radius 2 is 2.00 bits per heavy atom. The highest BCUT2D eigenvalue weighted by atomic mass is 16.4. The Bertz CT molecular complexity index is 237. The summed E-state index contributed by atoms with van der Waals surface area (Å²) in [5, 5.41) is 11.4. The van der Waals surface area contributed by atoms with Crippen LogP contribution >= 0.6 is 0 Å². The number of hydrogen-bond acceptors (Lipinski definition) is 3. The monoisotopic (exact) mass is 215 g/mol. The molecule has 0 atom stereocenters. The summed E-state index contributed by atoms with van der Waals surface area (Å²) >= 11 is 0. The lowest BCUT2D eigenvalue weighted by Gasteiger charge is -2.29. The molecule has 0 aromatic rings. The van der Waals surface area contributed by atoms with Gasteiger partial charge >= 0.3 is 6.09 Å². The molecule has 0 aromatic heterocycles. The number of carbonyl (C=O) groups is 2. The number of hydrogen-bond donors (Lipinski definition) is 3. The van der Waals surface area contributed by atoms with Gasteiger partial charge in [0.1, 0.15) is 0 Å². The normalized spacial score (nSPS) is 17.5. The van der Waals surface area contributed by atoms with E-state index >= 15 is 0 Å². The van der Waals surface area contributed by atoms with E-state index in [1.165, 1.54) is 4.90 Å². The number of rotatable bonds is 3. The second-order valence-electron chi connectivity index (χ2n) is 3.72. The van der Waals surface area contributed by atoms with Gasteiger partial charge in [0.25, 0.3) is 0 Å². The van der Waals surface area contributed by atoms with Crippen LogP contribution in [-0.2, 0) is 4.79 Å². The van der Waals surface area contributed by atoms with Crippen molar-refractivity contribution in [3.63, 3.8) is 0 Å². The highest BCUT2D eigenvalue weighted by molar-refractivity contribution is 5.77. The van der Waals surface area contributed by atoms with Gasteiger partial charge in [-0.2, -0.15) is 0 Å². The Hall–Kier alpha value is -1.30. The van der Waals surface area contributed by atoms with E-state index < -0.39 is 6.09 Å². The average Bonchev–Trinajstić information content (AvgIpc) is 2.26. The van der Waals surface area contributed by atoms with Gasteiger partial charge in [-0.1, -0.05) is 0 Å². The lowest BCUT2D eigenvalue weighted by molar-refractivity contribution is -0.120. The Morgan fingerprint density at radius 3 is 2.47 bits per heavy atom. The SMILES string of the molecule is NCC(=O)NCC1CCN(C(=O)O)CC1. The second-order valence-corrected chi connectivity index (χ2v) is 3.72. The van der Waals surface area contributed by atoms with E-state index in [0.717, 1.165) is 12.8 Å². The van der Waals surface area contributed by atoms with Crippen LogP contribution in [0.1, 0.15) is 12.8 Å². The summed E-state index contributed by atoms with van der Waals surface area (Å²) in [6, 6.07) is 0. The summed E-state index contributed by atoms with van der Waals surface area (Å²) < 4.78 is 0. The predicted octanol–water partition coefficient (Wildman–Crippen LogP) is -0.549. The van der Waals surface area contributed by atoms with E-state index in [1.807, 2.05) is 0 Å². The minimum atomic E-state index is -0.862. The molecule has 1 aliphatic heterocycles. The first-order valence-corrected chi connectivity index (χ1v) is 5.08. The van der Waals surface area contributed by atoms with Gasteiger partial charge < -0.3 is 21.1 Å². The molecule has 0 aliphatic carbocycles. The average molecular weight is 215 g/mol. The molecule has 1 rings (SSSR count). The molecule has 4 N–H and O–H groups in total. The smallest absolute Gasteiger partial charge is 0.407 e. The van der Waals surface area contributed by atoms with Gasteiger partial charge in [0.05, 0.1) is 6.54 Å². The number of carbonyl (C=O) groups excluding carboxylic acids is 1. The van der Waals surface area contributed by atoms with E-state index in [-0.39, 0.29) is 12.5 Å². The number of nitrogens with one attached hydrogen (secondary N) is 1. The van der Waals surface area contributed by atoms with E-state index in [4.69, 9.17) is 10.8 Å². The number of carboxylic acid groups (broad SMARTS) is 1. The first-order valence-electron chi connectivity index (χ1n) is 5.08. The molecule has 6 nitrogen and oxygen atoms in total. The Morgan fingerprint density at radius 1 is 1.40 bits per heavy atom. The van der Waals surface area contributed by atoms with Crippen molar-refractivity contribution in [1.29, 1.82) is 0 Å². The lowest BCUT2D eigenvalue weighted by atomic mass is 9.97. The summed E-state index contributed by atoms with van der Waals surface area (Å²) in [6.45, 7) is 1.72. The van der Waals surface area contributed by atoms with E-state index in [9.17, 15) is 9.59 Å². The molecule has 0 unspecified atom stereocenters. The minimum absolute atomic E-state index is 0.00791.